The zero-order valence-electron chi connectivity index (χ0n) is 8.64. The predicted molar refractivity (Wildman–Crippen MR) is 57.8 cm³/mol. The molecule has 1 rings (SSSR count). The van der Waals surface area contributed by atoms with Crippen molar-refractivity contribution in [1.82, 2.24) is 0 Å². The van der Waals surface area contributed by atoms with Crippen molar-refractivity contribution in [1.29, 1.82) is 0 Å². The number of hydrogen-bond donors (Lipinski definition) is 1. The van der Waals surface area contributed by atoms with Crippen LogP contribution in [0.4, 0.5) is 0 Å². The number of rotatable bonds is 3. The summed E-state index contributed by atoms with van der Waals surface area (Å²) >= 11 is 0. The normalized spacial score (nSPS) is 14.3. The van der Waals surface area contributed by atoms with Gasteiger partial charge in [0.1, 0.15) is 0 Å². The zero-order valence-corrected chi connectivity index (χ0v) is 9.53. The van der Waals surface area contributed by atoms with Gasteiger partial charge < -0.3 is 9.63 Å². The first-order valence-corrected chi connectivity index (χ1v) is 6.36. The van der Waals surface area contributed by atoms with Crippen molar-refractivity contribution in [2.24, 2.45) is 0 Å². The van der Waals surface area contributed by atoms with Gasteiger partial charge >= 0.3 is 5.97 Å². The standard InChI is InChI=1S/C10H13O4P/c1-3-15(12,13)9-6-4-5-8(7-9)10(11)14-2/h4-7H,3H2,1-2H3,(H,12,13). The van der Waals surface area contributed by atoms with Crippen molar-refractivity contribution in [3.05, 3.63) is 29.8 Å². The van der Waals surface area contributed by atoms with Crippen LogP contribution in [-0.4, -0.2) is 24.1 Å². The first-order chi connectivity index (χ1) is 7.01. The van der Waals surface area contributed by atoms with Gasteiger partial charge in [0, 0.05) is 11.5 Å². The molecule has 0 spiro atoms. The van der Waals surface area contributed by atoms with E-state index in [1.807, 2.05) is 0 Å². The molecule has 0 aliphatic rings. The average Bonchev–Trinajstić information content (AvgIpc) is 2.28. The van der Waals surface area contributed by atoms with E-state index >= 15 is 0 Å². The molecule has 4 nitrogen and oxygen atoms in total. The molecule has 0 fully saturated rings. The molecule has 0 aromatic heterocycles. The molecule has 0 radical (unpaired) electrons. The van der Waals surface area contributed by atoms with Gasteiger partial charge in [0.2, 0.25) is 7.37 Å². The maximum Gasteiger partial charge on any atom is 0.337 e. The SMILES string of the molecule is CCP(=O)(O)c1cccc(C(=O)OC)c1. The molecule has 0 amide bonds. The Labute approximate surface area is 88.3 Å². The molecule has 0 bridgehead atoms. The van der Waals surface area contributed by atoms with Gasteiger partial charge in [0.05, 0.1) is 12.7 Å². The van der Waals surface area contributed by atoms with Crippen LogP contribution in [0.5, 0.6) is 0 Å². The van der Waals surface area contributed by atoms with Gasteiger partial charge in [-0.25, -0.2) is 4.79 Å². The van der Waals surface area contributed by atoms with Crippen LogP contribution in [0.2, 0.25) is 0 Å². The van der Waals surface area contributed by atoms with Crippen molar-refractivity contribution >= 4 is 18.6 Å². The highest BCUT2D eigenvalue weighted by molar-refractivity contribution is 7.66. The van der Waals surface area contributed by atoms with E-state index in [1.54, 1.807) is 19.1 Å². The number of benzene rings is 1. The van der Waals surface area contributed by atoms with Crippen molar-refractivity contribution in [2.75, 3.05) is 13.3 Å². The number of hydrogen-bond acceptors (Lipinski definition) is 3. The highest BCUT2D eigenvalue weighted by Gasteiger charge is 2.19. The van der Waals surface area contributed by atoms with Gasteiger partial charge in [0.15, 0.2) is 0 Å². The summed E-state index contributed by atoms with van der Waals surface area (Å²) in [6, 6.07) is 6.05. The average molecular weight is 228 g/mol. The second-order valence-corrected chi connectivity index (χ2v) is 5.61. The Morgan fingerprint density at radius 1 is 1.53 bits per heavy atom. The topological polar surface area (TPSA) is 63.6 Å². The molecule has 0 aliphatic carbocycles. The van der Waals surface area contributed by atoms with Gasteiger partial charge in [-0.15, -0.1) is 0 Å². The summed E-state index contributed by atoms with van der Waals surface area (Å²) in [4.78, 5) is 20.8. The molecule has 0 aliphatic heterocycles. The van der Waals surface area contributed by atoms with Crippen molar-refractivity contribution in [3.63, 3.8) is 0 Å². The Morgan fingerprint density at radius 2 is 2.20 bits per heavy atom. The largest absolute Gasteiger partial charge is 0.465 e. The third-order valence-electron chi connectivity index (χ3n) is 2.10. The number of esters is 1. The van der Waals surface area contributed by atoms with Crippen LogP contribution in [0, 0.1) is 0 Å². The molecule has 1 aromatic carbocycles. The van der Waals surface area contributed by atoms with Crippen LogP contribution in [0.3, 0.4) is 0 Å². The second kappa shape index (κ2) is 4.60. The Morgan fingerprint density at radius 3 is 2.73 bits per heavy atom. The second-order valence-electron chi connectivity index (χ2n) is 3.06. The quantitative estimate of drug-likeness (QED) is 0.627. The third kappa shape index (κ3) is 2.67. The van der Waals surface area contributed by atoms with E-state index in [4.69, 9.17) is 0 Å². The van der Waals surface area contributed by atoms with Gasteiger partial charge in [-0.05, 0) is 18.2 Å². The Balaban J connectivity index is 3.14. The van der Waals surface area contributed by atoms with E-state index in [1.165, 1.54) is 19.2 Å². The van der Waals surface area contributed by atoms with E-state index in [9.17, 15) is 14.3 Å². The molecule has 1 aromatic rings. The van der Waals surface area contributed by atoms with E-state index in [-0.39, 0.29) is 17.0 Å². The van der Waals surface area contributed by atoms with Crippen LogP contribution in [-0.2, 0) is 9.30 Å². The zero-order chi connectivity index (χ0) is 11.5. The van der Waals surface area contributed by atoms with Crippen molar-refractivity contribution < 1.29 is 19.0 Å². The summed E-state index contributed by atoms with van der Waals surface area (Å²) in [6.07, 6.45) is 0.150. The van der Waals surface area contributed by atoms with Gasteiger partial charge in [0.25, 0.3) is 0 Å². The highest BCUT2D eigenvalue weighted by Crippen LogP contribution is 2.38. The van der Waals surface area contributed by atoms with E-state index < -0.39 is 13.3 Å². The summed E-state index contributed by atoms with van der Waals surface area (Å²) in [5, 5.41) is 0.285. The first kappa shape index (κ1) is 12.0. The number of carbonyl (C=O) groups is 1. The van der Waals surface area contributed by atoms with Crippen LogP contribution in [0.1, 0.15) is 17.3 Å². The fraction of sp³-hybridized carbons (Fsp3) is 0.300. The Kier molecular flexibility index (Phi) is 3.66. The van der Waals surface area contributed by atoms with Crippen LogP contribution >= 0.6 is 7.37 Å². The van der Waals surface area contributed by atoms with Gasteiger partial charge in [-0.1, -0.05) is 13.0 Å². The van der Waals surface area contributed by atoms with Crippen LogP contribution in [0.25, 0.3) is 0 Å². The summed E-state index contributed by atoms with van der Waals surface area (Å²) in [5.41, 5.74) is 0.290. The Bertz CT molecular complexity index is 414. The molecule has 82 valence electrons. The number of carbonyl (C=O) groups excluding carboxylic acids is 1. The predicted octanol–water partition coefficient (Wildman–Crippen LogP) is 1.39. The molecule has 5 heteroatoms. The lowest BCUT2D eigenvalue weighted by molar-refractivity contribution is 0.0601. The van der Waals surface area contributed by atoms with E-state index in [2.05, 4.69) is 4.74 Å². The molecule has 1 atom stereocenters. The molecular weight excluding hydrogens is 215 g/mol. The molecule has 0 heterocycles. The number of ether oxygens (including phenoxy) is 1. The minimum Gasteiger partial charge on any atom is -0.465 e. The molecule has 1 unspecified atom stereocenters. The van der Waals surface area contributed by atoms with Gasteiger partial charge in [-0.3, -0.25) is 4.57 Å². The van der Waals surface area contributed by atoms with Crippen molar-refractivity contribution in [2.45, 2.75) is 6.92 Å². The van der Waals surface area contributed by atoms with Gasteiger partial charge in [-0.2, -0.15) is 0 Å². The molecule has 0 saturated carbocycles. The van der Waals surface area contributed by atoms with Crippen LogP contribution < -0.4 is 5.30 Å². The third-order valence-corrected chi connectivity index (χ3v) is 4.04. The van der Waals surface area contributed by atoms with E-state index in [0.717, 1.165) is 0 Å². The minimum absolute atomic E-state index is 0.150. The van der Waals surface area contributed by atoms with Crippen molar-refractivity contribution in [3.8, 4) is 0 Å². The summed E-state index contributed by atoms with van der Waals surface area (Å²) < 4.78 is 16.2. The monoisotopic (exact) mass is 228 g/mol. The highest BCUT2D eigenvalue weighted by atomic mass is 31.2. The molecule has 1 N–H and O–H groups in total. The summed E-state index contributed by atoms with van der Waals surface area (Å²) in [7, 11) is -2.04. The Hall–Kier alpha value is -1.12. The molecular formula is C10H13O4P. The summed E-state index contributed by atoms with van der Waals surface area (Å²) in [5.74, 6) is -0.507. The number of methoxy groups -OCH3 is 1. The minimum atomic E-state index is -3.31. The first-order valence-electron chi connectivity index (χ1n) is 4.52. The lowest BCUT2D eigenvalue weighted by Crippen LogP contribution is -2.10. The fourth-order valence-electron chi connectivity index (χ4n) is 1.15. The lowest BCUT2D eigenvalue weighted by atomic mass is 10.2. The molecule has 15 heavy (non-hydrogen) atoms. The lowest BCUT2D eigenvalue weighted by Gasteiger charge is -2.09. The maximum atomic E-state index is 11.7. The smallest absolute Gasteiger partial charge is 0.337 e. The molecule has 0 saturated heterocycles. The fourth-order valence-corrected chi connectivity index (χ4v) is 2.18. The van der Waals surface area contributed by atoms with E-state index in [0.29, 0.717) is 0 Å². The summed E-state index contributed by atoms with van der Waals surface area (Å²) in [6.45, 7) is 1.63. The van der Waals surface area contributed by atoms with Crippen LogP contribution in [0.15, 0.2) is 24.3 Å². The maximum absolute atomic E-state index is 11.7.